The Bertz CT molecular complexity index is 357. The summed E-state index contributed by atoms with van der Waals surface area (Å²) in [5.41, 5.74) is 4.52. The number of carbonyl (C=O) groups excluding carboxylic acids is 1. The highest BCUT2D eigenvalue weighted by Gasteiger charge is 2.21. The summed E-state index contributed by atoms with van der Waals surface area (Å²) in [5, 5.41) is -1.00. The Morgan fingerprint density at radius 1 is 1.64 bits per heavy atom. The van der Waals surface area contributed by atoms with Crippen LogP contribution >= 0.6 is 11.6 Å². The highest BCUT2D eigenvalue weighted by molar-refractivity contribution is 6.67. The van der Waals surface area contributed by atoms with Crippen LogP contribution in [0, 0.1) is 0 Å². The highest BCUT2D eigenvalue weighted by atomic mass is 35.5. The summed E-state index contributed by atoms with van der Waals surface area (Å²) < 4.78 is 25.1. The number of rotatable bonds is 3. The van der Waals surface area contributed by atoms with Gasteiger partial charge in [-0.1, -0.05) is 0 Å². The molecule has 0 amide bonds. The summed E-state index contributed by atoms with van der Waals surface area (Å²) in [6.07, 6.45) is -1.58. The predicted molar refractivity (Wildman–Crippen MR) is 47.3 cm³/mol. The molecule has 2 N–H and O–H groups in total. The van der Waals surface area contributed by atoms with Gasteiger partial charge in [0.2, 0.25) is 0 Å². The fraction of sp³-hybridized carbons (Fsp3) is 0.250. The summed E-state index contributed by atoms with van der Waals surface area (Å²) in [7, 11) is 0. The summed E-state index contributed by atoms with van der Waals surface area (Å²) in [4.78, 5) is 14.3. The minimum Gasteiger partial charge on any atom is -0.326 e. The molecular weight excluding hydrogens is 214 g/mol. The number of carbonyl (C=O) groups is 1. The molecule has 0 unspecified atom stereocenters. The Kier molecular flexibility index (Phi) is 3.49. The molecule has 3 nitrogen and oxygen atoms in total. The molecule has 0 aliphatic carbocycles. The Morgan fingerprint density at radius 2 is 2.29 bits per heavy atom. The maximum absolute atomic E-state index is 12.5. The molecule has 0 saturated carbocycles. The number of nitrogens with two attached hydrogens (primary N) is 1. The molecule has 0 bridgehead atoms. The van der Waals surface area contributed by atoms with Crippen molar-refractivity contribution in [3.05, 3.63) is 29.1 Å². The topological polar surface area (TPSA) is 56.0 Å². The first-order valence-electron chi connectivity index (χ1n) is 3.73. The first-order valence-corrected chi connectivity index (χ1v) is 4.11. The zero-order valence-corrected chi connectivity index (χ0v) is 7.76. The molecule has 0 spiro atoms. The summed E-state index contributed by atoms with van der Waals surface area (Å²) in [6, 6.07) is 1.34. The lowest BCUT2D eigenvalue weighted by Gasteiger charge is -2.08. The van der Waals surface area contributed by atoms with Crippen LogP contribution in [0.3, 0.4) is 0 Å². The van der Waals surface area contributed by atoms with Crippen molar-refractivity contribution in [1.29, 1.82) is 0 Å². The minimum absolute atomic E-state index is 0.0840. The summed E-state index contributed by atoms with van der Waals surface area (Å²) in [6.45, 7) is -0.0840. The third kappa shape index (κ3) is 2.05. The van der Waals surface area contributed by atoms with Crippen molar-refractivity contribution in [3.63, 3.8) is 0 Å². The van der Waals surface area contributed by atoms with Crippen LogP contribution in [0.4, 0.5) is 8.78 Å². The molecule has 6 heteroatoms. The molecule has 76 valence electrons. The number of pyridine rings is 1. The number of hydrogen-bond donors (Lipinski definition) is 1. The van der Waals surface area contributed by atoms with E-state index in [0.29, 0.717) is 0 Å². The van der Waals surface area contributed by atoms with E-state index in [0.717, 1.165) is 0 Å². The molecule has 14 heavy (non-hydrogen) atoms. The second kappa shape index (κ2) is 4.43. The number of nitrogens with zero attached hydrogens (tertiary/aromatic N) is 1. The molecule has 1 rings (SSSR count). The van der Waals surface area contributed by atoms with E-state index in [1.54, 1.807) is 0 Å². The summed E-state index contributed by atoms with van der Waals surface area (Å²) >= 11 is 5.11. The van der Waals surface area contributed by atoms with Gasteiger partial charge in [-0.05, 0) is 23.2 Å². The van der Waals surface area contributed by atoms with Crippen molar-refractivity contribution in [3.8, 4) is 0 Å². The molecule has 1 heterocycles. The lowest BCUT2D eigenvalue weighted by atomic mass is 10.1. The smallest absolute Gasteiger partial charge is 0.271 e. The first-order chi connectivity index (χ1) is 6.57. The Hall–Kier alpha value is -1.07. The Morgan fingerprint density at radius 3 is 2.71 bits per heavy atom. The third-order valence-electron chi connectivity index (χ3n) is 1.70. The van der Waals surface area contributed by atoms with E-state index >= 15 is 0 Å². The van der Waals surface area contributed by atoms with Crippen LogP contribution in [0.5, 0.6) is 0 Å². The largest absolute Gasteiger partial charge is 0.326 e. The Labute approximate surface area is 83.9 Å². The van der Waals surface area contributed by atoms with Crippen LogP contribution in [-0.4, -0.2) is 10.2 Å². The van der Waals surface area contributed by atoms with Crippen LogP contribution in [0.1, 0.15) is 28.0 Å². The standard InChI is InChI=1S/C8H7ClF2N2O/c9-7(14)6-5(8(10)11)4(3-12)1-2-13-6/h1-2,8H,3,12H2. The lowest BCUT2D eigenvalue weighted by molar-refractivity contribution is 0.106. The van der Waals surface area contributed by atoms with E-state index in [9.17, 15) is 13.6 Å². The summed E-state index contributed by atoms with van der Waals surface area (Å²) in [5.74, 6) is 0. The molecule has 0 saturated heterocycles. The van der Waals surface area contributed by atoms with Gasteiger partial charge >= 0.3 is 0 Å². The molecule has 0 aliphatic rings. The predicted octanol–water partition coefficient (Wildman–Crippen LogP) is 1.86. The van der Waals surface area contributed by atoms with E-state index in [1.807, 2.05) is 0 Å². The van der Waals surface area contributed by atoms with Gasteiger partial charge in [-0.25, -0.2) is 8.78 Å². The van der Waals surface area contributed by atoms with Crippen molar-refractivity contribution in [1.82, 2.24) is 4.98 Å². The monoisotopic (exact) mass is 220 g/mol. The lowest BCUT2D eigenvalue weighted by Crippen LogP contribution is -2.09. The first kappa shape index (κ1) is 11.0. The van der Waals surface area contributed by atoms with Gasteiger partial charge in [0.05, 0.1) is 5.56 Å². The van der Waals surface area contributed by atoms with Gasteiger partial charge in [-0.3, -0.25) is 9.78 Å². The van der Waals surface area contributed by atoms with E-state index in [1.165, 1.54) is 12.3 Å². The van der Waals surface area contributed by atoms with Crippen LogP contribution in [0.2, 0.25) is 0 Å². The number of alkyl halides is 2. The zero-order chi connectivity index (χ0) is 10.7. The van der Waals surface area contributed by atoms with Gasteiger partial charge in [0.1, 0.15) is 5.69 Å². The number of hydrogen-bond acceptors (Lipinski definition) is 3. The molecule has 0 radical (unpaired) electrons. The molecule has 0 atom stereocenters. The molecule has 0 fully saturated rings. The van der Waals surface area contributed by atoms with Crippen LogP contribution < -0.4 is 5.73 Å². The second-order valence-corrected chi connectivity index (χ2v) is 2.85. The van der Waals surface area contributed by atoms with Crippen molar-refractivity contribution in [2.45, 2.75) is 13.0 Å². The third-order valence-corrected chi connectivity index (χ3v) is 1.88. The fourth-order valence-electron chi connectivity index (χ4n) is 1.09. The maximum atomic E-state index is 12.5. The van der Waals surface area contributed by atoms with E-state index in [4.69, 9.17) is 17.3 Å². The fourth-order valence-corrected chi connectivity index (χ4v) is 1.24. The number of aromatic nitrogens is 1. The van der Waals surface area contributed by atoms with E-state index in [-0.39, 0.29) is 12.1 Å². The molecule has 1 aromatic heterocycles. The Balaban J connectivity index is 3.35. The van der Waals surface area contributed by atoms with Gasteiger partial charge in [0.15, 0.2) is 0 Å². The quantitative estimate of drug-likeness (QED) is 0.791. The van der Waals surface area contributed by atoms with Gasteiger partial charge in [0.25, 0.3) is 11.7 Å². The number of halogens is 3. The van der Waals surface area contributed by atoms with Gasteiger partial charge in [-0.15, -0.1) is 0 Å². The highest BCUT2D eigenvalue weighted by Crippen LogP contribution is 2.26. The maximum Gasteiger partial charge on any atom is 0.271 e. The van der Waals surface area contributed by atoms with Gasteiger partial charge in [-0.2, -0.15) is 0 Å². The molecule has 0 aliphatic heterocycles. The van der Waals surface area contributed by atoms with Gasteiger partial charge < -0.3 is 5.73 Å². The second-order valence-electron chi connectivity index (χ2n) is 2.51. The molecule has 0 aromatic carbocycles. The zero-order valence-electron chi connectivity index (χ0n) is 7.01. The van der Waals surface area contributed by atoms with Crippen molar-refractivity contribution < 1.29 is 13.6 Å². The van der Waals surface area contributed by atoms with Crippen molar-refractivity contribution in [2.24, 2.45) is 5.73 Å². The van der Waals surface area contributed by atoms with Crippen LogP contribution in [0.15, 0.2) is 12.3 Å². The average Bonchev–Trinajstić information content (AvgIpc) is 2.16. The van der Waals surface area contributed by atoms with E-state index in [2.05, 4.69) is 4.98 Å². The van der Waals surface area contributed by atoms with Gasteiger partial charge in [0, 0.05) is 12.7 Å². The average molecular weight is 221 g/mol. The van der Waals surface area contributed by atoms with Crippen molar-refractivity contribution in [2.75, 3.05) is 0 Å². The van der Waals surface area contributed by atoms with E-state index < -0.39 is 22.9 Å². The van der Waals surface area contributed by atoms with Crippen LogP contribution in [0.25, 0.3) is 0 Å². The van der Waals surface area contributed by atoms with Crippen molar-refractivity contribution >= 4 is 16.8 Å². The minimum atomic E-state index is -2.81. The molecular formula is C8H7ClF2N2O. The normalized spacial score (nSPS) is 10.6. The molecule has 1 aromatic rings. The SMILES string of the molecule is NCc1ccnc(C(=O)Cl)c1C(F)F. The van der Waals surface area contributed by atoms with Crippen LogP contribution in [-0.2, 0) is 6.54 Å².